The molecule has 1 heterocycles. The first-order chi connectivity index (χ1) is 10.7. The smallest absolute Gasteiger partial charge is 0.317 e. The highest BCUT2D eigenvalue weighted by atomic mass is 16.2. The molecule has 0 aliphatic heterocycles. The number of urea groups is 1. The number of pyridine rings is 1. The Morgan fingerprint density at radius 1 is 1.23 bits per heavy atom. The molecule has 0 spiro atoms. The molecule has 1 aromatic carbocycles. The van der Waals surface area contributed by atoms with Gasteiger partial charge in [-0.1, -0.05) is 35.9 Å². The number of nitrogens with zero attached hydrogens (tertiary/aromatic N) is 2. The van der Waals surface area contributed by atoms with Crippen molar-refractivity contribution >= 4 is 6.03 Å². The van der Waals surface area contributed by atoms with Gasteiger partial charge in [0.05, 0.1) is 0 Å². The molecule has 1 N–H and O–H groups in total. The van der Waals surface area contributed by atoms with Crippen molar-refractivity contribution in [1.82, 2.24) is 15.2 Å². The summed E-state index contributed by atoms with van der Waals surface area (Å²) in [5, 5.41) is 2.96. The third-order valence-electron chi connectivity index (χ3n) is 3.51. The summed E-state index contributed by atoms with van der Waals surface area (Å²) in [5.74, 6) is 0. The normalized spacial score (nSPS) is 10.3. The molecule has 0 aliphatic rings. The Balaban J connectivity index is 1.84. The second-order valence-corrected chi connectivity index (χ2v) is 5.31. The fourth-order valence-corrected chi connectivity index (χ4v) is 2.31. The van der Waals surface area contributed by atoms with Crippen LogP contribution in [0.25, 0.3) is 0 Å². The third kappa shape index (κ3) is 4.88. The monoisotopic (exact) mass is 297 g/mol. The van der Waals surface area contributed by atoms with Gasteiger partial charge in [0.1, 0.15) is 0 Å². The summed E-state index contributed by atoms with van der Waals surface area (Å²) in [6, 6.07) is 14.0. The van der Waals surface area contributed by atoms with Gasteiger partial charge < -0.3 is 10.2 Å². The van der Waals surface area contributed by atoms with Crippen molar-refractivity contribution in [1.29, 1.82) is 0 Å². The van der Waals surface area contributed by atoms with Gasteiger partial charge in [0.25, 0.3) is 0 Å². The van der Waals surface area contributed by atoms with Crippen LogP contribution in [0.2, 0.25) is 0 Å². The Morgan fingerprint density at radius 3 is 2.77 bits per heavy atom. The van der Waals surface area contributed by atoms with Gasteiger partial charge >= 0.3 is 6.03 Å². The molecule has 1 aromatic heterocycles. The zero-order chi connectivity index (χ0) is 15.8. The Labute approximate surface area is 132 Å². The number of amides is 2. The van der Waals surface area contributed by atoms with Crippen molar-refractivity contribution in [3.05, 3.63) is 65.5 Å². The fourth-order valence-electron chi connectivity index (χ4n) is 2.31. The molecule has 0 radical (unpaired) electrons. The summed E-state index contributed by atoms with van der Waals surface area (Å²) < 4.78 is 0. The molecule has 0 unspecified atom stereocenters. The standard InChI is InChI=1S/C18H23N3O/c1-3-21(14-16-8-6-7-15(2)13-16)18(22)20-12-10-17-9-4-5-11-19-17/h4-9,11,13H,3,10,12,14H2,1-2H3,(H,20,22). The molecule has 2 aromatic rings. The van der Waals surface area contributed by atoms with Crippen LogP contribution in [0.15, 0.2) is 48.7 Å². The number of hydrogen-bond acceptors (Lipinski definition) is 2. The fraction of sp³-hybridized carbons (Fsp3) is 0.333. The van der Waals surface area contributed by atoms with Crippen molar-refractivity contribution in [2.45, 2.75) is 26.8 Å². The Bertz CT molecular complexity index is 598. The molecule has 0 atom stereocenters. The summed E-state index contributed by atoms with van der Waals surface area (Å²) in [4.78, 5) is 18.3. The zero-order valence-electron chi connectivity index (χ0n) is 13.2. The predicted molar refractivity (Wildman–Crippen MR) is 88.6 cm³/mol. The Hall–Kier alpha value is -2.36. The number of benzene rings is 1. The maximum atomic E-state index is 12.2. The second-order valence-electron chi connectivity index (χ2n) is 5.31. The number of nitrogens with one attached hydrogen (secondary N) is 1. The molecule has 0 fully saturated rings. The molecule has 116 valence electrons. The lowest BCUT2D eigenvalue weighted by Crippen LogP contribution is -2.40. The minimum absolute atomic E-state index is 0.0278. The number of carbonyl (C=O) groups excluding carboxylic acids is 1. The average Bonchev–Trinajstić information content (AvgIpc) is 2.53. The summed E-state index contributed by atoms with van der Waals surface area (Å²) in [5.41, 5.74) is 3.36. The maximum Gasteiger partial charge on any atom is 0.317 e. The molecular formula is C18H23N3O. The second kappa shape index (κ2) is 8.17. The van der Waals surface area contributed by atoms with E-state index in [1.807, 2.05) is 36.1 Å². The van der Waals surface area contributed by atoms with E-state index in [2.05, 4.69) is 35.4 Å². The minimum atomic E-state index is -0.0278. The summed E-state index contributed by atoms with van der Waals surface area (Å²) in [6.07, 6.45) is 2.52. The summed E-state index contributed by atoms with van der Waals surface area (Å²) in [7, 11) is 0. The molecule has 22 heavy (non-hydrogen) atoms. The summed E-state index contributed by atoms with van der Waals surface area (Å²) in [6.45, 7) is 5.97. The van der Waals surface area contributed by atoms with Crippen molar-refractivity contribution in [3.63, 3.8) is 0 Å². The van der Waals surface area contributed by atoms with Gasteiger partial charge in [-0.2, -0.15) is 0 Å². The summed E-state index contributed by atoms with van der Waals surface area (Å²) >= 11 is 0. The largest absolute Gasteiger partial charge is 0.338 e. The van der Waals surface area contributed by atoms with E-state index >= 15 is 0 Å². The number of aromatic nitrogens is 1. The maximum absolute atomic E-state index is 12.2. The van der Waals surface area contributed by atoms with Crippen LogP contribution in [0.3, 0.4) is 0 Å². The van der Waals surface area contributed by atoms with E-state index in [1.54, 1.807) is 6.20 Å². The lowest BCUT2D eigenvalue weighted by atomic mass is 10.1. The van der Waals surface area contributed by atoms with E-state index in [0.717, 1.165) is 17.7 Å². The topological polar surface area (TPSA) is 45.2 Å². The highest BCUT2D eigenvalue weighted by Gasteiger charge is 2.11. The van der Waals surface area contributed by atoms with E-state index in [4.69, 9.17) is 0 Å². The van der Waals surface area contributed by atoms with Crippen LogP contribution in [0.1, 0.15) is 23.7 Å². The highest BCUT2D eigenvalue weighted by molar-refractivity contribution is 5.74. The number of hydrogen-bond donors (Lipinski definition) is 1. The van der Waals surface area contributed by atoms with Crippen LogP contribution in [0.5, 0.6) is 0 Å². The van der Waals surface area contributed by atoms with Gasteiger partial charge in [0, 0.05) is 37.9 Å². The first-order valence-corrected chi connectivity index (χ1v) is 7.67. The molecule has 2 rings (SSSR count). The van der Waals surface area contributed by atoms with Crippen LogP contribution >= 0.6 is 0 Å². The number of carbonyl (C=O) groups is 1. The molecular weight excluding hydrogens is 274 g/mol. The quantitative estimate of drug-likeness (QED) is 0.890. The first kappa shape index (κ1) is 16.0. The molecule has 4 heteroatoms. The lowest BCUT2D eigenvalue weighted by molar-refractivity contribution is 0.198. The van der Waals surface area contributed by atoms with E-state index in [1.165, 1.54) is 5.56 Å². The van der Waals surface area contributed by atoms with Gasteiger partial charge in [-0.3, -0.25) is 4.98 Å². The molecule has 4 nitrogen and oxygen atoms in total. The van der Waals surface area contributed by atoms with Crippen LogP contribution in [-0.2, 0) is 13.0 Å². The SMILES string of the molecule is CCN(Cc1cccc(C)c1)C(=O)NCCc1ccccn1. The number of rotatable bonds is 6. The van der Waals surface area contributed by atoms with Crippen LogP contribution in [0, 0.1) is 6.92 Å². The van der Waals surface area contributed by atoms with Crippen molar-refractivity contribution in [2.75, 3.05) is 13.1 Å². The molecule has 0 saturated carbocycles. The minimum Gasteiger partial charge on any atom is -0.338 e. The van der Waals surface area contributed by atoms with Gasteiger partial charge in [0.15, 0.2) is 0 Å². The van der Waals surface area contributed by atoms with Crippen molar-refractivity contribution in [3.8, 4) is 0 Å². The van der Waals surface area contributed by atoms with E-state index < -0.39 is 0 Å². The zero-order valence-corrected chi connectivity index (χ0v) is 13.2. The van der Waals surface area contributed by atoms with Crippen LogP contribution in [0.4, 0.5) is 4.79 Å². The number of aryl methyl sites for hydroxylation is 1. The average molecular weight is 297 g/mol. The third-order valence-corrected chi connectivity index (χ3v) is 3.51. The van der Waals surface area contributed by atoms with E-state index in [-0.39, 0.29) is 6.03 Å². The Kier molecular flexibility index (Phi) is 5.95. The van der Waals surface area contributed by atoms with Crippen LogP contribution in [-0.4, -0.2) is 29.0 Å². The van der Waals surface area contributed by atoms with Gasteiger partial charge in [0.2, 0.25) is 0 Å². The van der Waals surface area contributed by atoms with Crippen molar-refractivity contribution < 1.29 is 4.79 Å². The molecule has 0 bridgehead atoms. The van der Waals surface area contributed by atoms with E-state index in [0.29, 0.717) is 19.6 Å². The van der Waals surface area contributed by atoms with Crippen LogP contribution < -0.4 is 5.32 Å². The van der Waals surface area contributed by atoms with Gasteiger partial charge in [-0.05, 0) is 31.5 Å². The molecule has 0 aliphatic carbocycles. The lowest BCUT2D eigenvalue weighted by Gasteiger charge is -2.21. The molecule has 0 saturated heterocycles. The highest BCUT2D eigenvalue weighted by Crippen LogP contribution is 2.07. The van der Waals surface area contributed by atoms with Crippen molar-refractivity contribution in [2.24, 2.45) is 0 Å². The van der Waals surface area contributed by atoms with E-state index in [9.17, 15) is 4.79 Å². The molecule has 2 amide bonds. The first-order valence-electron chi connectivity index (χ1n) is 7.67. The predicted octanol–water partition coefficient (Wildman–Crippen LogP) is 3.16. The van der Waals surface area contributed by atoms with Gasteiger partial charge in [-0.25, -0.2) is 4.79 Å². The Morgan fingerprint density at radius 2 is 2.09 bits per heavy atom. The van der Waals surface area contributed by atoms with Gasteiger partial charge in [-0.15, -0.1) is 0 Å².